The Kier molecular flexibility index (Phi) is 7.14. The van der Waals surface area contributed by atoms with Crippen LogP contribution in [0.4, 0.5) is 0 Å². The zero-order valence-corrected chi connectivity index (χ0v) is 15.6. The zero-order chi connectivity index (χ0) is 18.2. The van der Waals surface area contributed by atoms with E-state index in [1.54, 1.807) is 12.1 Å². The first kappa shape index (κ1) is 19.1. The van der Waals surface area contributed by atoms with Gasteiger partial charge in [0, 0.05) is 5.56 Å². The Morgan fingerprint density at radius 3 is 2.60 bits per heavy atom. The first-order chi connectivity index (χ1) is 12.1. The van der Waals surface area contributed by atoms with E-state index in [0.29, 0.717) is 28.7 Å². The molecule has 0 aliphatic rings. The molecular formula is C20H24ClNO3. The van der Waals surface area contributed by atoms with E-state index in [0.717, 1.165) is 18.4 Å². The Balaban J connectivity index is 2.15. The number of halogens is 1. The Labute approximate surface area is 154 Å². The highest BCUT2D eigenvalue weighted by molar-refractivity contribution is 6.32. The molecular weight excluding hydrogens is 338 g/mol. The molecule has 0 aliphatic heterocycles. The summed E-state index contributed by atoms with van der Waals surface area (Å²) in [7, 11) is 1.53. The molecule has 0 aliphatic carbocycles. The highest BCUT2D eigenvalue weighted by Gasteiger charge is 2.17. The third-order valence-electron chi connectivity index (χ3n) is 3.88. The van der Waals surface area contributed by atoms with Gasteiger partial charge in [-0.2, -0.15) is 0 Å². The van der Waals surface area contributed by atoms with Crippen molar-refractivity contribution >= 4 is 17.5 Å². The van der Waals surface area contributed by atoms with Crippen molar-refractivity contribution in [3.63, 3.8) is 0 Å². The molecule has 5 heteroatoms. The minimum Gasteiger partial charge on any atom is -0.493 e. The number of unbranched alkanes of at least 4 members (excludes halogenated alkanes) is 1. The number of hydrogen-bond donors (Lipinski definition) is 1. The van der Waals surface area contributed by atoms with Crippen molar-refractivity contribution in [3.05, 3.63) is 58.6 Å². The molecule has 0 fully saturated rings. The summed E-state index contributed by atoms with van der Waals surface area (Å²) < 4.78 is 11.0. The lowest BCUT2D eigenvalue weighted by Crippen LogP contribution is -2.26. The fourth-order valence-corrected chi connectivity index (χ4v) is 2.68. The predicted molar refractivity (Wildman–Crippen MR) is 101 cm³/mol. The molecule has 0 heterocycles. The van der Waals surface area contributed by atoms with E-state index in [2.05, 4.69) is 12.2 Å². The van der Waals surface area contributed by atoms with Crippen LogP contribution in [-0.2, 0) is 0 Å². The summed E-state index contributed by atoms with van der Waals surface area (Å²) in [6, 6.07) is 12.9. The molecule has 2 aromatic rings. The first-order valence-corrected chi connectivity index (χ1v) is 8.80. The van der Waals surface area contributed by atoms with E-state index >= 15 is 0 Å². The van der Waals surface area contributed by atoms with Gasteiger partial charge in [-0.1, -0.05) is 55.3 Å². The minimum atomic E-state index is -0.211. The average Bonchev–Trinajstić information content (AvgIpc) is 2.63. The molecule has 4 nitrogen and oxygen atoms in total. The van der Waals surface area contributed by atoms with E-state index in [4.69, 9.17) is 21.1 Å². The highest BCUT2D eigenvalue weighted by atomic mass is 35.5. The van der Waals surface area contributed by atoms with Crippen molar-refractivity contribution in [1.29, 1.82) is 0 Å². The fraction of sp³-hybridized carbons (Fsp3) is 0.350. The smallest absolute Gasteiger partial charge is 0.251 e. The molecule has 1 amide bonds. The fourth-order valence-electron chi connectivity index (χ4n) is 2.41. The maximum atomic E-state index is 12.6. The van der Waals surface area contributed by atoms with Gasteiger partial charge in [-0.05, 0) is 31.0 Å². The summed E-state index contributed by atoms with van der Waals surface area (Å²) >= 11 is 6.30. The summed E-state index contributed by atoms with van der Waals surface area (Å²) in [4.78, 5) is 12.6. The molecule has 0 radical (unpaired) electrons. The number of benzene rings is 2. The first-order valence-electron chi connectivity index (χ1n) is 8.43. The van der Waals surface area contributed by atoms with Crippen molar-refractivity contribution < 1.29 is 14.3 Å². The Morgan fingerprint density at radius 2 is 1.96 bits per heavy atom. The van der Waals surface area contributed by atoms with Gasteiger partial charge in [-0.15, -0.1) is 0 Å². The van der Waals surface area contributed by atoms with E-state index in [1.165, 1.54) is 7.11 Å². The van der Waals surface area contributed by atoms with E-state index in [-0.39, 0.29) is 11.9 Å². The van der Waals surface area contributed by atoms with Gasteiger partial charge >= 0.3 is 0 Å². The van der Waals surface area contributed by atoms with Gasteiger partial charge in [-0.25, -0.2) is 0 Å². The Morgan fingerprint density at radius 1 is 1.24 bits per heavy atom. The third kappa shape index (κ3) is 5.13. The van der Waals surface area contributed by atoms with Crippen LogP contribution < -0.4 is 14.8 Å². The zero-order valence-electron chi connectivity index (χ0n) is 14.8. The van der Waals surface area contributed by atoms with Crippen LogP contribution in [0.25, 0.3) is 0 Å². The highest BCUT2D eigenvalue weighted by Crippen LogP contribution is 2.36. The van der Waals surface area contributed by atoms with Crippen LogP contribution >= 0.6 is 11.6 Å². The molecule has 134 valence electrons. The van der Waals surface area contributed by atoms with Gasteiger partial charge in [0.2, 0.25) is 0 Å². The number of hydrogen-bond acceptors (Lipinski definition) is 3. The van der Waals surface area contributed by atoms with Crippen molar-refractivity contribution in [2.45, 2.75) is 32.7 Å². The van der Waals surface area contributed by atoms with Crippen LogP contribution in [0, 0.1) is 0 Å². The SMILES string of the molecule is CCCCOc1c(Cl)cc(C(=O)N[C@@H](C)c2ccccc2)cc1OC. The number of nitrogens with one attached hydrogen (secondary N) is 1. The number of amides is 1. The van der Waals surface area contributed by atoms with Crippen LogP contribution in [0.2, 0.25) is 5.02 Å². The third-order valence-corrected chi connectivity index (χ3v) is 4.16. The molecule has 0 bridgehead atoms. The van der Waals surface area contributed by atoms with Crippen molar-refractivity contribution in [2.75, 3.05) is 13.7 Å². The molecule has 2 aromatic carbocycles. The maximum Gasteiger partial charge on any atom is 0.251 e. The second kappa shape index (κ2) is 9.33. The van der Waals surface area contributed by atoms with Gasteiger partial charge in [0.1, 0.15) is 0 Å². The summed E-state index contributed by atoms with van der Waals surface area (Å²) in [6.07, 6.45) is 1.95. The predicted octanol–water partition coefficient (Wildman–Crippen LogP) is 5.02. The molecule has 0 unspecified atom stereocenters. The van der Waals surface area contributed by atoms with Crippen LogP contribution in [0.15, 0.2) is 42.5 Å². The Hall–Kier alpha value is -2.20. The van der Waals surface area contributed by atoms with Crippen molar-refractivity contribution in [1.82, 2.24) is 5.32 Å². The molecule has 0 saturated carbocycles. The normalized spacial score (nSPS) is 11.7. The number of ether oxygens (including phenoxy) is 2. The second-order valence-corrected chi connectivity index (χ2v) is 6.20. The van der Waals surface area contributed by atoms with Crippen molar-refractivity contribution in [3.8, 4) is 11.5 Å². The van der Waals surface area contributed by atoms with Gasteiger partial charge in [0.05, 0.1) is 24.8 Å². The second-order valence-electron chi connectivity index (χ2n) is 5.80. The lowest BCUT2D eigenvalue weighted by Gasteiger charge is -2.17. The quantitative estimate of drug-likeness (QED) is 0.671. The topological polar surface area (TPSA) is 47.6 Å². The van der Waals surface area contributed by atoms with Gasteiger partial charge in [0.25, 0.3) is 5.91 Å². The van der Waals surface area contributed by atoms with Gasteiger partial charge in [-0.3, -0.25) is 4.79 Å². The number of methoxy groups -OCH3 is 1. The molecule has 1 atom stereocenters. The number of carbonyl (C=O) groups excluding carboxylic acids is 1. The lowest BCUT2D eigenvalue weighted by atomic mass is 10.1. The van der Waals surface area contributed by atoms with Gasteiger partial charge < -0.3 is 14.8 Å². The van der Waals surface area contributed by atoms with Crippen LogP contribution in [-0.4, -0.2) is 19.6 Å². The van der Waals surface area contributed by atoms with Crippen molar-refractivity contribution in [2.24, 2.45) is 0 Å². The largest absolute Gasteiger partial charge is 0.493 e. The molecule has 0 saturated heterocycles. The molecule has 2 rings (SSSR count). The van der Waals surface area contributed by atoms with Crippen LogP contribution in [0.5, 0.6) is 11.5 Å². The standard InChI is InChI=1S/C20H24ClNO3/c1-4-5-11-25-19-17(21)12-16(13-18(19)24-3)20(23)22-14(2)15-9-7-6-8-10-15/h6-10,12-14H,4-5,11H2,1-3H3,(H,22,23)/t14-/m0/s1. The molecule has 25 heavy (non-hydrogen) atoms. The molecule has 0 aromatic heterocycles. The summed E-state index contributed by atoms with van der Waals surface area (Å²) in [6.45, 7) is 4.58. The van der Waals surface area contributed by atoms with Crippen LogP contribution in [0.3, 0.4) is 0 Å². The monoisotopic (exact) mass is 361 g/mol. The lowest BCUT2D eigenvalue weighted by molar-refractivity contribution is 0.0939. The summed E-state index contributed by atoms with van der Waals surface area (Å²) in [5, 5.41) is 3.34. The minimum absolute atomic E-state index is 0.112. The Bertz CT molecular complexity index is 704. The van der Waals surface area contributed by atoms with E-state index in [1.807, 2.05) is 37.3 Å². The number of carbonyl (C=O) groups is 1. The molecule has 1 N–H and O–H groups in total. The van der Waals surface area contributed by atoms with E-state index < -0.39 is 0 Å². The average molecular weight is 362 g/mol. The molecule has 0 spiro atoms. The van der Waals surface area contributed by atoms with Crippen LogP contribution in [0.1, 0.15) is 48.7 Å². The summed E-state index contributed by atoms with van der Waals surface area (Å²) in [5.74, 6) is 0.725. The number of rotatable bonds is 8. The maximum absolute atomic E-state index is 12.6. The summed E-state index contributed by atoms with van der Waals surface area (Å²) in [5.41, 5.74) is 1.47. The van der Waals surface area contributed by atoms with Gasteiger partial charge in [0.15, 0.2) is 11.5 Å². The van der Waals surface area contributed by atoms with E-state index in [9.17, 15) is 4.79 Å².